The molecule has 0 amide bonds. The molecule has 2 aliphatic rings. The summed E-state index contributed by atoms with van der Waals surface area (Å²) < 4.78 is 0. The highest BCUT2D eigenvalue weighted by Gasteiger charge is 2.57. The van der Waals surface area contributed by atoms with Crippen molar-refractivity contribution < 1.29 is 0 Å². The molecule has 0 heterocycles. The molecule has 0 radical (unpaired) electrons. The minimum absolute atomic E-state index is 0.177. The maximum atomic E-state index is 7.09. The minimum atomic E-state index is -0.177. The first-order valence-corrected chi connectivity index (χ1v) is 7.99. The van der Waals surface area contributed by atoms with Crippen molar-refractivity contribution in [2.24, 2.45) is 11.3 Å². The molecule has 2 atom stereocenters. The molecule has 0 bridgehead atoms. The topological polar surface area (TPSA) is 3.24 Å². The lowest BCUT2D eigenvalue weighted by molar-refractivity contribution is -0.0153. The molecule has 0 aromatic heterocycles. The van der Waals surface area contributed by atoms with E-state index < -0.39 is 0 Å². The zero-order valence-corrected chi connectivity index (χ0v) is 13.6. The van der Waals surface area contributed by atoms with Gasteiger partial charge in [-0.2, -0.15) is 0 Å². The Morgan fingerprint density at radius 3 is 2.26 bits per heavy atom. The van der Waals surface area contributed by atoms with Gasteiger partial charge in [-0.15, -0.1) is 11.6 Å². The van der Waals surface area contributed by atoms with Crippen LogP contribution in [0.4, 0.5) is 0 Å². The molecule has 0 saturated heterocycles. The highest BCUT2D eigenvalue weighted by molar-refractivity contribution is 6.26. The maximum Gasteiger partial charge on any atom is 0.0734 e. The zero-order valence-electron chi connectivity index (χ0n) is 12.8. The lowest BCUT2D eigenvalue weighted by Crippen LogP contribution is -2.59. The van der Waals surface area contributed by atoms with Crippen molar-refractivity contribution in [3.05, 3.63) is 24.3 Å². The number of hydrogen-bond acceptors (Lipinski definition) is 1. The van der Waals surface area contributed by atoms with E-state index in [2.05, 4.69) is 57.1 Å². The number of nitrogens with zero attached hydrogens (tertiary/aromatic N) is 1. The van der Waals surface area contributed by atoms with Crippen molar-refractivity contribution >= 4 is 11.6 Å². The van der Waals surface area contributed by atoms with Crippen LogP contribution < -0.4 is 0 Å². The molecule has 2 unspecified atom stereocenters. The van der Waals surface area contributed by atoms with Crippen molar-refractivity contribution in [2.75, 3.05) is 14.1 Å². The molecule has 1 saturated carbocycles. The van der Waals surface area contributed by atoms with Gasteiger partial charge in [0, 0.05) is 11.5 Å². The Morgan fingerprint density at radius 2 is 1.89 bits per heavy atom. The van der Waals surface area contributed by atoms with Crippen LogP contribution >= 0.6 is 11.6 Å². The highest BCUT2D eigenvalue weighted by Crippen LogP contribution is 2.59. The summed E-state index contributed by atoms with van der Waals surface area (Å²) in [7, 11) is 4.44. The van der Waals surface area contributed by atoms with Gasteiger partial charge in [0.15, 0.2) is 0 Å². The van der Waals surface area contributed by atoms with E-state index in [0.717, 1.165) is 6.42 Å². The first-order valence-electron chi connectivity index (χ1n) is 7.61. The molecule has 0 spiro atoms. The standard InChI is InChI=1S/C17H28ClN/c1-14(2)13-15(19(3)4)16(9-8-10-16)17(18)11-6-5-7-12-17/h5-7,11,14-15H,8-10,12-13H2,1-4H3. The van der Waals surface area contributed by atoms with Crippen LogP contribution in [0.1, 0.15) is 46.0 Å². The SMILES string of the molecule is CC(C)CC(N(C)C)C1(C2(Cl)C=CC=CC2)CCC1. The molecule has 2 rings (SSSR count). The van der Waals surface area contributed by atoms with Gasteiger partial charge in [-0.05, 0) is 45.7 Å². The average Bonchev–Trinajstić information content (AvgIpc) is 2.26. The Bertz CT molecular complexity index is 365. The fourth-order valence-corrected chi connectivity index (χ4v) is 4.40. The van der Waals surface area contributed by atoms with Gasteiger partial charge in [0.2, 0.25) is 0 Å². The second-order valence-corrected chi connectivity index (χ2v) is 7.65. The normalized spacial score (nSPS) is 30.7. The molecular formula is C17H28ClN. The van der Waals surface area contributed by atoms with Crippen molar-refractivity contribution in [3.8, 4) is 0 Å². The third-order valence-electron chi connectivity index (χ3n) is 5.05. The Morgan fingerprint density at radius 1 is 1.21 bits per heavy atom. The molecular weight excluding hydrogens is 254 g/mol. The number of allylic oxidation sites excluding steroid dienone is 4. The quantitative estimate of drug-likeness (QED) is 0.664. The number of rotatable bonds is 5. The molecule has 0 N–H and O–H groups in total. The molecule has 19 heavy (non-hydrogen) atoms. The second-order valence-electron chi connectivity index (χ2n) is 6.97. The summed E-state index contributed by atoms with van der Waals surface area (Å²) in [5, 5.41) is 0. The van der Waals surface area contributed by atoms with Crippen LogP contribution in [-0.4, -0.2) is 29.9 Å². The summed E-state index contributed by atoms with van der Waals surface area (Å²) in [5.74, 6) is 0.716. The lowest BCUT2D eigenvalue weighted by atomic mass is 9.54. The Hall–Kier alpha value is -0.270. The molecule has 2 heteroatoms. The van der Waals surface area contributed by atoms with Gasteiger partial charge in [0.05, 0.1) is 4.87 Å². The smallest absolute Gasteiger partial charge is 0.0734 e. The molecule has 1 nitrogen and oxygen atoms in total. The predicted octanol–water partition coefficient (Wildman–Crippen LogP) is 4.63. The van der Waals surface area contributed by atoms with E-state index in [1.807, 2.05) is 0 Å². The van der Waals surface area contributed by atoms with Crippen LogP contribution in [0.25, 0.3) is 0 Å². The first kappa shape index (κ1) is 15.1. The van der Waals surface area contributed by atoms with Crippen LogP contribution in [0.5, 0.6) is 0 Å². The Balaban J connectivity index is 2.29. The van der Waals surface area contributed by atoms with E-state index >= 15 is 0 Å². The molecule has 2 aliphatic carbocycles. The third kappa shape index (κ3) is 2.64. The van der Waals surface area contributed by atoms with Gasteiger partial charge in [-0.3, -0.25) is 0 Å². The fraction of sp³-hybridized carbons (Fsp3) is 0.765. The summed E-state index contributed by atoms with van der Waals surface area (Å²) in [4.78, 5) is 2.24. The zero-order chi connectivity index (χ0) is 14.1. The monoisotopic (exact) mass is 281 g/mol. The van der Waals surface area contributed by atoms with Crippen LogP contribution in [0, 0.1) is 11.3 Å². The van der Waals surface area contributed by atoms with E-state index in [-0.39, 0.29) is 10.3 Å². The van der Waals surface area contributed by atoms with E-state index in [1.54, 1.807) is 0 Å². The maximum absolute atomic E-state index is 7.09. The van der Waals surface area contributed by atoms with Crippen molar-refractivity contribution in [1.82, 2.24) is 4.90 Å². The van der Waals surface area contributed by atoms with Crippen LogP contribution in [0.3, 0.4) is 0 Å². The van der Waals surface area contributed by atoms with Gasteiger partial charge >= 0.3 is 0 Å². The van der Waals surface area contributed by atoms with E-state index in [1.165, 1.54) is 25.7 Å². The predicted molar refractivity (Wildman–Crippen MR) is 84.7 cm³/mol. The number of halogens is 1. The van der Waals surface area contributed by atoms with Crippen LogP contribution in [0.15, 0.2) is 24.3 Å². The average molecular weight is 282 g/mol. The van der Waals surface area contributed by atoms with Gasteiger partial charge in [0.1, 0.15) is 0 Å². The van der Waals surface area contributed by atoms with Crippen molar-refractivity contribution in [1.29, 1.82) is 0 Å². The van der Waals surface area contributed by atoms with E-state index in [9.17, 15) is 0 Å². The molecule has 0 aliphatic heterocycles. The molecule has 108 valence electrons. The summed E-state index contributed by atoms with van der Waals surface area (Å²) >= 11 is 7.09. The summed E-state index contributed by atoms with van der Waals surface area (Å²) in [6.45, 7) is 4.64. The summed E-state index contributed by atoms with van der Waals surface area (Å²) in [5.41, 5.74) is 0.254. The Kier molecular flexibility index (Phi) is 4.47. The van der Waals surface area contributed by atoms with Gasteiger partial charge in [0.25, 0.3) is 0 Å². The number of alkyl halides is 1. The van der Waals surface area contributed by atoms with Crippen LogP contribution in [-0.2, 0) is 0 Å². The molecule has 0 aromatic rings. The minimum Gasteiger partial charge on any atom is -0.306 e. The largest absolute Gasteiger partial charge is 0.306 e. The highest BCUT2D eigenvalue weighted by atomic mass is 35.5. The Labute approximate surface area is 123 Å². The molecule has 0 aromatic carbocycles. The van der Waals surface area contributed by atoms with Gasteiger partial charge < -0.3 is 4.90 Å². The number of hydrogen-bond donors (Lipinski definition) is 0. The third-order valence-corrected chi connectivity index (χ3v) is 5.71. The van der Waals surface area contributed by atoms with Crippen LogP contribution in [0.2, 0.25) is 0 Å². The van der Waals surface area contributed by atoms with E-state index in [0.29, 0.717) is 12.0 Å². The van der Waals surface area contributed by atoms with Crippen molar-refractivity contribution in [3.63, 3.8) is 0 Å². The summed E-state index contributed by atoms with van der Waals surface area (Å²) in [6, 6.07) is 0.579. The first-order chi connectivity index (χ1) is 8.91. The molecule has 1 fully saturated rings. The lowest BCUT2D eigenvalue weighted by Gasteiger charge is -2.58. The van der Waals surface area contributed by atoms with Gasteiger partial charge in [-0.1, -0.05) is 44.6 Å². The van der Waals surface area contributed by atoms with Crippen molar-refractivity contribution in [2.45, 2.75) is 56.9 Å². The van der Waals surface area contributed by atoms with Gasteiger partial charge in [-0.25, -0.2) is 0 Å². The second kappa shape index (κ2) is 5.61. The summed E-state index contributed by atoms with van der Waals surface area (Å²) in [6.07, 6.45) is 14.8. The fourth-order valence-electron chi connectivity index (χ4n) is 3.92. The van der Waals surface area contributed by atoms with E-state index in [4.69, 9.17) is 11.6 Å².